The van der Waals surface area contributed by atoms with E-state index in [4.69, 9.17) is 21.1 Å². The van der Waals surface area contributed by atoms with E-state index >= 15 is 0 Å². The van der Waals surface area contributed by atoms with E-state index in [0.717, 1.165) is 17.1 Å². The molecule has 0 radical (unpaired) electrons. The monoisotopic (exact) mass is 336 g/mol. The van der Waals surface area contributed by atoms with Crippen LogP contribution in [0, 0.1) is 0 Å². The van der Waals surface area contributed by atoms with Crippen LogP contribution in [0.15, 0.2) is 22.7 Å². The van der Waals surface area contributed by atoms with Gasteiger partial charge in [0.1, 0.15) is 5.75 Å². The molecule has 0 aliphatic heterocycles. The molecule has 5 heteroatoms. The molecule has 0 spiro atoms. The summed E-state index contributed by atoms with van der Waals surface area (Å²) in [4.78, 5) is 0. The molecule has 1 aromatic rings. The summed E-state index contributed by atoms with van der Waals surface area (Å²) in [5.41, 5.74) is 0. The van der Waals surface area contributed by atoms with Crippen LogP contribution in [-0.4, -0.2) is 21.5 Å². The van der Waals surface area contributed by atoms with Gasteiger partial charge in [0.15, 0.2) is 6.79 Å². The molecule has 0 N–H and O–H groups in total. The Labute approximate surface area is 117 Å². The van der Waals surface area contributed by atoms with Gasteiger partial charge >= 0.3 is 0 Å². The van der Waals surface area contributed by atoms with Gasteiger partial charge in [-0.15, -0.1) is 0 Å². The van der Waals surface area contributed by atoms with E-state index in [-0.39, 0.29) is 6.79 Å². The second-order valence-electron chi connectivity index (χ2n) is 5.06. The second kappa shape index (κ2) is 6.78. The molecule has 0 atom stereocenters. The minimum atomic E-state index is -1.02. The van der Waals surface area contributed by atoms with Crippen molar-refractivity contribution < 1.29 is 9.47 Å². The second-order valence-corrected chi connectivity index (χ2v) is 12.0. The normalized spacial score (nSPS) is 11.6. The Kier molecular flexibility index (Phi) is 5.99. The molecule has 2 nitrogen and oxygen atoms in total. The van der Waals surface area contributed by atoms with Crippen molar-refractivity contribution >= 4 is 35.6 Å². The highest BCUT2D eigenvalue weighted by Gasteiger charge is 2.12. The van der Waals surface area contributed by atoms with Gasteiger partial charge in [0.05, 0.1) is 5.02 Å². The fourth-order valence-electron chi connectivity index (χ4n) is 1.13. The van der Waals surface area contributed by atoms with Crippen LogP contribution in [0.2, 0.25) is 30.7 Å². The average molecular weight is 338 g/mol. The van der Waals surface area contributed by atoms with Gasteiger partial charge in [0, 0.05) is 19.2 Å². The summed E-state index contributed by atoms with van der Waals surface area (Å²) in [6, 6.07) is 6.65. The van der Waals surface area contributed by atoms with Crippen molar-refractivity contribution in [2.45, 2.75) is 25.7 Å². The zero-order chi connectivity index (χ0) is 12.9. The van der Waals surface area contributed by atoms with Gasteiger partial charge in [-0.05, 0) is 24.2 Å². The summed E-state index contributed by atoms with van der Waals surface area (Å²) < 4.78 is 11.9. The molecule has 0 heterocycles. The zero-order valence-corrected chi connectivity index (χ0v) is 13.8. The Balaban J connectivity index is 2.29. The maximum Gasteiger partial charge on any atom is 0.189 e. The zero-order valence-electron chi connectivity index (χ0n) is 10.4. The Hall–Kier alpha value is -0.0331. The first-order valence-electron chi connectivity index (χ1n) is 5.54. The summed E-state index contributed by atoms with van der Waals surface area (Å²) in [7, 11) is -1.02. The van der Waals surface area contributed by atoms with Gasteiger partial charge in [-0.3, -0.25) is 0 Å². The molecule has 0 amide bonds. The first kappa shape index (κ1) is 15.0. The first-order chi connectivity index (χ1) is 7.88. The Morgan fingerprint density at radius 2 is 2.00 bits per heavy atom. The fourth-order valence-corrected chi connectivity index (χ4v) is 2.40. The van der Waals surface area contributed by atoms with Gasteiger partial charge < -0.3 is 9.47 Å². The van der Waals surface area contributed by atoms with E-state index in [1.54, 1.807) is 6.07 Å². The smallest absolute Gasteiger partial charge is 0.189 e. The van der Waals surface area contributed by atoms with Gasteiger partial charge in [-0.1, -0.05) is 47.2 Å². The summed E-state index contributed by atoms with van der Waals surface area (Å²) in [5, 5.41) is 0.599. The number of hydrogen-bond acceptors (Lipinski definition) is 2. The molecule has 96 valence electrons. The van der Waals surface area contributed by atoms with E-state index in [1.807, 2.05) is 12.1 Å². The molecule has 0 saturated carbocycles. The van der Waals surface area contributed by atoms with Crippen molar-refractivity contribution in [3.05, 3.63) is 27.7 Å². The van der Waals surface area contributed by atoms with E-state index in [2.05, 4.69) is 35.6 Å². The lowest BCUT2D eigenvalue weighted by Crippen LogP contribution is -2.22. The van der Waals surface area contributed by atoms with E-state index < -0.39 is 8.07 Å². The summed E-state index contributed by atoms with van der Waals surface area (Å²) in [6.07, 6.45) is 0. The quantitative estimate of drug-likeness (QED) is 0.422. The average Bonchev–Trinajstić information content (AvgIpc) is 2.21. The Bertz CT molecular complexity index is 366. The molecule has 0 unspecified atom stereocenters. The van der Waals surface area contributed by atoms with Crippen LogP contribution >= 0.6 is 27.5 Å². The van der Waals surface area contributed by atoms with Gasteiger partial charge in [-0.25, -0.2) is 0 Å². The lowest BCUT2D eigenvalue weighted by Gasteiger charge is -2.15. The Morgan fingerprint density at radius 1 is 1.29 bits per heavy atom. The molecule has 17 heavy (non-hydrogen) atoms. The van der Waals surface area contributed by atoms with Crippen LogP contribution in [0.3, 0.4) is 0 Å². The third-order valence-electron chi connectivity index (χ3n) is 2.19. The van der Waals surface area contributed by atoms with E-state index in [0.29, 0.717) is 10.8 Å². The SMILES string of the molecule is C[Si](C)(C)CCOCOc1cc(Br)ccc1Cl. The number of hydrogen-bond donors (Lipinski definition) is 0. The van der Waals surface area contributed by atoms with Crippen LogP contribution < -0.4 is 4.74 Å². The minimum absolute atomic E-state index is 0.251. The van der Waals surface area contributed by atoms with Gasteiger partial charge in [0.2, 0.25) is 0 Å². The number of rotatable bonds is 6. The molecular formula is C12H18BrClO2Si. The number of ether oxygens (including phenoxy) is 2. The predicted molar refractivity (Wildman–Crippen MR) is 78.8 cm³/mol. The Morgan fingerprint density at radius 3 is 2.65 bits per heavy atom. The molecule has 0 fully saturated rings. The maximum absolute atomic E-state index is 5.99. The predicted octanol–water partition coefficient (Wildman–Crippen LogP) is 4.79. The van der Waals surface area contributed by atoms with Crippen molar-refractivity contribution in [2.75, 3.05) is 13.4 Å². The fraction of sp³-hybridized carbons (Fsp3) is 0.500. The molecular weight excluding hydrogens is 320 g/mol. The molecule has 0 saturated heterocycles. The van der Waals surface area contributed by atoms with Crippen LogP contribution in [0.5, 0.6) is 5.75 Å². The topological polar surface area (TPSA) is 18.5 Å². The first-order valence-corrected chi connectivity index (χ1v) is 10.4. The highest BCUT2D eigenvalue weighted by Crippen LogP contribution is 2.27. The number of halogens is 2. The molecule has 1 aromatic carbocycles. The van der Waals surface area contributed by atoms with Gasteiger partial charge in [-0.2, -0.15) is 0 Å². The lowest BCUT2D eigenvalue weighted by atomic mass is 10.3. The number of benzene rings is 1. The van der Waals surface area contributed by atoms with E-state index in [1.165, 1.54) is 0 Å². The summed E-state index contributed by atoms with van der Waals surface area (Å²) in [5.74, 6) is 0.647. The van der Waals surface area contributed by atoms with Crippen molar-refractivity contribution in [2.24, 2.45) is 0 Å². The molecule has 0 bridgehead atoms. The standard InChI is InChI=1S/C12H18BrClO2Si/c1-17(2,3)7-6-15-9-16-12-8-10(13)4-5-11(12)14/h4-5,8H,6-7,9H2,1-3H3. The lowest BCUT2D eigenvalue weighted by molar-refractivity contribution is 0.0221. The third kappa shape index (κ3) is 6.45. The van der Waals surface area contributed by atoms with Crippen LogP contribution in [0.1, 0.15) is 0 Å². The molecule has 1 rings (SSSR count). The highest BCUT2D eigenvalue weighted by molar-refractivity contribution is 9.10. The minimum Gasteiger partial charge on any atom is -0.466 e. The molecule has 0 aliphatic carbocycles. The molecule has 0 aromatic heterocycles. The highest BCUT2D eigenvalue weighted by atomic mass is 79.9. The van der Waals surface area contributed by atoms with Crippen molar-refractivity contribution in [3.8, 4) is 5.75 Å². The van der Waals surface area contributed by atoms with Crippen LogP contribution in [0.4, 0.5) is 0 Å². The van der Waals surface area contributed by atoms with Crippen molar-refractivity contribution in [1.29, 1.82) is 0 Å². The van der Waals surface area contributed by atoms with Crippen molar-refractivity contribution in [1.82, 2.24) is 0 Å². The van der Waals surface area contributed by atoms with Crippen molar-refractivity contribution in [3.63, 3.8) is 0 Å². The largest absolute Gasteiger partial charge is 0.466 e. The van der Waals surface area contributed by atoms with Gasteiger partial charge in [0.25, 0.3) is 0 Å². The van der Waals surface area contributed by atoms with E-state index in [9.17, 15) is 0 Å². The summed E-state index contributed by atoms with van der Waals surface area (Å²) in [6.45, 7) is 7.97. The van der Waals surface area contributed by atoms with Crippen LogP contribution in [-0.2, 0) is 4.74 Å². The summed E-state index contributed by atoms with van der Waals surface area (Å²) >= 11 is 9.36. The van der Waals surface area contributed by atoms with Crippen LogP contribution in [0.25, 0.3) is 0 Å². The third-order valence-corrected chi connectivity index (χ3v) is 4.70. The molecule has 0 aliphatic rings. The maximum atomic E-state index is 5.99.